The topological polar surface area (TPSA) is 82.4 Å². The van der Waals surface area contributed by atoms with Crippen LogP contribution in [0.4, 0.5) is 5.69 Å². The van der Waals surface area contributed by atoms with E-state index < -0.39 is 0 Å². The smallest absolute Gasteiger partial charge is 0.242 e. The van der Waals surface area contributed by atoms with Crippen LogP contribution >= 0.6 is 0 Å². The summed E-state index contributed by atoms with van der Waals surface area (Å²) < 4.78 is 9.39. The molecule has 0 aliphatic carbocycles. The fourth-order valence-corrected chi connectivity index (χ4v) is 5.13. The van der Waals surface area contributed by atoms with Crippen molar-refractivity contribution in [3.8, 4) is 22.5 Å². The normalized spacial score (nSPS) is 16.5. The average molecular weight is 468 g/mol. The van der Waals surface area contributed by atoms with Crippen molar-refractivity contribution in [2.24, 2.45) is 7.05 Å². The Bertz CT molecular complexity index is 1500. The number of pyridine rings is 1. The highest BCUT2D eigenvalue weighted by Gasteiger charge is 2.32. The Kier molecular flexibility index (Phi) is 5.11. The molecule has 35 heavy (non-hydrogen) atoms. The van der Waals surface area contributed by atoms with Crippen LogP contribution in [0.25, 0.3) is 38.3 Å². The minimum Gasteiger partial charge on any atom is -0.381 e. The van der Waals surface area contributed by atoms with Crippen molar-refractivity contribution in [2.45, 2.75) is 31.8 Å². The predicted molar refractivity (Wildman–Crippen MR) is 131 cm³/mol. The highest BCUT2D eigenvalue weighted by molar-refractivity contribution is 5.99. The van der Waals surface area contributed by atoms with Gasteiger partial charge in [0.1, 0.15) is 12.4 Å². The molecule has 3 aromatic heterocycles. The molecule has 0 atom stereocenters. The van der Waals surface area contributed by atoms with E-state index in [9.17, 15) is 4.79 Å². The number of imidazole rings is 1. The fraction of sp³-hybridized carbons (Fsp3) is 0.346. The lowest BCUT2D eigenvalue weighted by Gasteiger charge is -2.28. The van der Waals surface area contributed by atoms with E-state index in [1.165, 1.54) is 0 Å². The summed E-state index contributed by atoms with van der Waals surface area (Å²) in [4.78, 5) is 28.2. The molecule has 9 nitrogen and oxygen atoms in total. The number of likely N-dealkylation sites (N-methyl/N-ethyl adjacent to an activating group) is 1. The van der Waals surface area contributed by atoms with Crippen LogP contribution in [0.1, 0.15) is 30.3 Å². The number of aryl methyl sites for hydroxylation is 1. The molecule has 9 heteroatoms. The van der Waals surface area contributed by atoms with Gasteiger partial charge in [0, 0.05) is 50.6 Å². The van der Waals surface area contributed by atoms with E-state index in [1.54, 1.807) is 15.8 Å². The van der Waals surface area contributed by atoms with Crippen molar-refractivity contribution < 1.29 is 9.53 Å². The van der Waals surface area contributed by atoms with E-state index in [1.807, 2.05) is 44.6 Å². The first-order chi connectivity index (χ1) is 17.0. The average Bonchev–Trinajstić information content (AvgIpc) is 3.47. The van der Waals surface area contributed by atoms with Crippen molar-refractivity contribution >= 4 is 22.5 Å². The summed E-state index contributed by atoms with van der Waals surface area (Å²) in [7, 11) is 3.68. The number of carbonyl (C=O) groups excluding carboxylic acids is 1. The van der Waals surface area contributed by atoms with Gasteiger partial charge in [-0.2, -0.15) is 5.10 Å². The first-order valence-corrected chi connectivity index (χ1v) is 11.7. The maximum atomic E-state index is 12.6. The molecule has 1 amide bonds. The Balaban J connectivity index is 1.55. The molecule has 0 spiro atoms. The van der Waals surface area contributed by atoms with E-state index in [2.05, 4.69) is 14.5 Å². The lowest BCUT2D eigenvalue weighted by molar-refractivity contribution is -0.132. The monoisotopic (exact) mass is 467 g/mol. The van der Waals surface area contributed by atoms with Gasteiger partial charge in [-0.1, -0.05) is 12.1 Å². The quantitative estimate of drug-likeness (QED) is 0.427. The molecular formula is C26H25N7O2. The zero-order chi connectivity index (χ0) is 24.1. The summed E-state index contributed by atoms with van der Waals surface area (Å²) in [5, 5.41) is 5.12. The van der Waals surface area contributed by atoms with Crippen molar-refractivity contribution in [1.29, 1.82) is 0 Å². The van der Waals surface area contributed by atoms with Gasteiger partial charge >= 0.3 is 0 Å². The number of amides is 1. The number of hydrogen-bond acceptors (Lipinski definition) is 5. The molecule has 1 saturated heterocycles. The predicted octanol–water partition coefficient (Wildman–Crippen LogP) is 3.92. The van der Waals surface area contributed by atoms with Gasteiger partial charge < -0.3 is 14.2 Å². The Hall–Kier alpha value is -4.03. The molecule has 176 valence electrons. The lowest BCUT2D eigenvalue weighted by Crippen LogP contribution is -2.37. The molecule has 5 heterocycles. The molecule has 0 bridgehead atoms. The van der Waals surface area contributed by atoms with E-state index in [4.69, 9.17) is 21.3 Å². The number of rotatable bonds is 3. The van der Waals surface area contributed by atoms with Gasteiger partial charge in [0.15, 0.2) is 0 Å². The van der Waals surface area contributed by atoms with Gasteiger partial charge in [0.05, 0.1) is 41.9 Å². The first kappa shape index (κ1) is 21.5. The van der Waals surface area contributed by atoms with Crippen LogP contribution in [0, 0.1) is 6.57 Å². The van der Waals surface area contributed by atoms with Crippen molar-refractivity contribution in [3.63, 3.8) is 0 Å². The van der Waals surface area contributed by atoms with E-state index in [0.717, 1.165) is 52.1 Å². The molecular weight excluding hydrogens is 442 g/mol. The largest absolute Gasteiger partial charge is 0.381 e. The van der Waals surface area contributed by atoms with Gasteiger partial charge in [-0.15, -0.1) is 0 Å². The SMILES string of the molecule is [C-]#[N+]c1cc2c(-c3nc(C4CCOCC4)n4c3CN(C)C(=O)C4)cccc2nc1-c1cnn(C)c1. The van der Waals surface area contributed by atoms with Crippen molar-refractivity contribution in [2.75, 3.05) is 20.3 Å². The van der Waals surface area contributed by atoms with Gasteiger partial charge in [-0.05, 0) is 30.4 Å². The van der Waals surface area contributed by atoms with E-state index in [-0.39, 0.29) is 11.8 Å². The molecule has 1 aromatic carbocycles. The van der Waals surface area contributed by atoms with Crippen molar-refractivity contribution in [3.05, 3.63) is 59.6 Å². The zero-order valence-electron chi connectivity index (χ0n) is 19.7. The lowest BCUT2D eigenvalue weighted by atomic mass is 9.99. The van der Waals surface area contributed by atoms with Crippen LogP contribution in [0.2, 0.25) is 0 Å². The molecule has 0 N–H and O–H groups in total. The maximum Gasteiger partial charge on any atom is 0.242 e. The highest BCUT2D eigenvalue weighted by Crippen LogP contribution is 2.39. The zero-order valence-corrected chi connectivity index (χ0v) is 19.7. The summed E-state index contributed by atoms with van der Waals surface area (Å²) in [6, 6.07) is 7.89. The summed E-state index contributed by atoms with van der Waals surface area (Å²) in [5.74, 6) is 1.31. The Morgan fingerprint density at radius 1 is 1.11 bits per heavy atom. The molecule has 2 aliphatic rings. The standard InChI is InChI=1S/C26H25N7O2/c1-27-21-11-19-18(5-4-6-20(19)29-24(21)17-12-28-32(3)13-17)25-22-14-31(2)23(34)15-33(22)26(30-25)16-7-9-35-10-8-16/h4-6,11-13,16H,7-10,14-15H2,2-3H3. The van der Waals surface area contributed by atoms with Crippen LogP contribution in [0.3, 0.4) is 0 Å². The summed E-state index contributed by atoms with van der Waals surface area (Å²) in [6.07, 6.45) is 5.39. The molecule has 6 rings (SSSR count). The number of fused-ring (bicyclic) bond motifs is 2. The van der Waals surface area contributed by atoms with Crippen LogP contribution in [0.5, 0.6) is 0 Å². The van der Waals surface area contributed by atoms with Crippen LogP contribution < -0.4 is 0 Å². The van der Waals surface area contributed by atoms with Crippen molar-refractivity contribution in [1.82, 2.24) is 29.2 Å². The third kappa shape index (κ3) is 3.58. The summed E-state index contributed by atoms with van der Waals surface area (Å²) >= 11 is 0. The van der Waals surface area contributed by atoms with E-state index >= 15 is 0 Å². The van der Waals surface area contributed by atoms with Crippen LogP contribution in [-0.4, -0.2) is 55.4 Å². The molecule has 2 aliphatic heterocycles. The second-order valence-electron chi connectivity index (χ2n) is 9.23. The minimum absolute atomic E-state index is 0.0887. The molecule has 0 radical (unpaired) electrons. The minimum atomic E-state index is 0.0887. The van der Waals surface area contributed by atoms with Gasteiger partial charge in [0.2, 0.25) is 11.6 Å². The molecule has 0 saturated carbocycles. The van der Waals surface area contributed by atoms with Gasteiger partial charge in [-0.3, -0.25) is 14.5 Å². The second kappa shape index (κ2) is 8.32. The van der Waals surface area contributed by atoms with Gasteiger partial charge in [0.25, 0.3) is 0 Å². The Labute approximate surface area is 202 Å². The van der Waals surface area contributed by atoms with E-state index in [0.29, 0.717) is 37.7 Å². The Morgan fingerprint density at radius 3 is 2.69 bits per heavy atom. The summed E-state index contributed by atoms with van der Waals surface area (Å²) in [6.45, 7) is 10.0. The third-order valence-electron chi connectivity index (χ3n) is 6.99. The number of carbonyl (C=O) groups is 1. The number of aromatic nitrogens is 5. The van der Waals surface area contributed by atoms with Crippen LogP contribution in [-0.2, 0) is 29.7 Å². The first-order valence-electron chi connectivity index (χ1n) is 11.7. The molecule has 4 aromatic rings. The number of benzene rings is 1. The number of ether oxygens (including phenoxy) is 1. The molecule has 0 unspecified atom stereocenters. The van der Waals surface area contributed by atoms with Crippen LogP contribution in [0.15, 0.2) is 36.7 Å². The number of nitrogens with zero attached hydrogens (tertiary/aromatic N) is 7. The summed E-state index contributed by atoms with van der Waals surface area (Å²) in [5.41, 5.74) is 5.53. The third-order valence-corrected chi connectivity index (χ3v) is 6.99. The fourth-order valence-electron chi connectivity index (χ4n) is 5.13. The second-order valence-corrected chi connectivity index (χ2v) is 9.23. The number of hydrogen-bond donors (Lipinski definition) is 0. The maximum absolute atomic E-state index is 12.6. The molecule has 1 fully saturated rings. The van der Waals surface area contributed by atoms with Gasteiger partial charge in [-0.25, -0.2) is 9.83 Å². The Morgan fingerprint density at radius 2 is 1.94 bits per heavy atom. The highest BCUT2D eigenvalue weighted by atomic mass is 16.5.